The summed E-state index contributed by atoms with van der Waals surface area (Å²) in [7, 11) is 0. The van der Waals surface area contributed by atoms with Crippen LogP contribution in [0.5, 0.6) is 0 Å². The fourth-order valence-electron chi connectivity index (χ4n) is 3.31. The van der Waals surface area contributed by atoms with Crippen LogP contribution in [0.3, 0.4) is 0 Å². The van der Waals surface area contributed by atoms with E-state index in [1.807, 2.05) is 65.4 Å². The summed E-state index contributed by atoms with van der Waals surface area (Å²) in [5, 5.41) is 3.54. The van der Waals surface area contributed by atoms with Gasteiger partial charge in [0.05, 0.1) is 4.91 Å². The average molecular weight is 405 g/mol. The van der Waals surface area contributed by atoms with Crippen molar-refractivity contribution < 1.29 is 14.4 Å². The molecule has 29 heavy (non-hydrogen) atoms. The first-order valence-electron chi connectivity index (χ1n) is 9.25. The predicted molar refractivity (Wildman–Crippen MR) is 115 cm³/mol. The summed E-state index contributed by atoms with van der Waals surface area (Å²) >= 11 is 0.945. The van der Waals surface area contributed by atoms with Crippen LogP contribution >= 0.6 is 11.8 Å². The van der Waals surface area contributed by atoms with Crippen molar-refractivity contribution in [3.05, 3.63) is 71.3 Å². The number of carbonyl (C=O) groups is 3. The molecule has 3 amide bonds. The molecule has 1 aliphatic heterocycles. The summed E-state index contributed by atoms with van der Waals surface area (Å²) in [5.41, 5.74) is 2.42. The molecule has 1 N–H and O–H groups in total. The van der Waals surface area contributed by atoms with Crippen LogP contribution in [0.15, 0.2) is 65.7 Å². The third-order valence-corrected chi connectivity index (χ3v) is 5.57. The zero-order valence-electron chi connectivity index (χ0n) is 15.8. The summed E-state index contributed by atoms with van der Waals surface area (Å²) in [6.07, 6.45) is 3.57. The van der Waals surface area contributed by atoms with E-state index >= 15 is 0 Å². The second-order valence-corrected chi connectivity index (χ2v) is 7.56. The van der Waals surface area contributed by atoms with Crippen LogP contribution in [0.4, 0.5) is 10.5 Å². The molecular formula is C22H19N3O3S. The Balaban J connectivity index is 1.64. The zero-order valence-corrected chi connectivity index (χ0v) is 16.6. The van der Waals surface area contributed by atoms with Crippen molar-refractivity contribution >= 4 is 51.5 Å². The van der Waals surface area contributed by atoms with Gasteiger partial charge in [-0.25, -0.2) is 0 Å². The molecule has 2 aromatic carbocycles. The van der Waals surface area contributed by atoms with E-state index in [2.05, 4.69) is 5.32 Å². The van der Waals surface area contributed by atoms with Gasteiger partial charge in [-0.2, -0.15) is 0 Å². The number of hydrogen-bond acceptors (Lipinski definition) is 4. The maximum absolute atomic E-state index is 12.5. The van der Waals surface area contributed by atoms with Crippen LogP contribution in [-0.4, -0.2) is 33.1 Å². The Labute approximate surface area is 172 Å². The minimum atomic E-state index is -0.277. The van der Waals surface area contributed by atoms with Gasteiger partial charge in [0, 0.05) is 34.9 Å². The summed E-state index contributed by atoms with van der Waals surface area (Å²) in [4.78, 5) is 38.5. The van der Waals surface area contributed by atoms with Crippen LogP contribution < -0.4 is 5.32 Å². The highest BCUT2D eigenvalue weighted by atomic mass is 32.2. The molecular weight excluding hydrogens is 386 g/mol. The van der Waals surface area contributed by atoms with E-state index in [1.165, 1.54) is 4.90 Å². The highest BCUT2D eigenvalue weighted by molar-refractivity contribution is 8.18. The van der Waals surface area contributed by atoms with Gasteiger partial charge in [0.25, 0.3) is 11.1 Å². The largest absolute Gasteiger partial charge is 0.337 e. The maximum Gasteiger partial charge on any atom is 0.293 e. The van der Waals surface area contributed by atoms with Crippen molar-refractivity contribution in [1.29, 1.82) is 0 Å². The van der Waals surface area contributed by atoms with Crippen molar-refractivity contribution in [2.45, 2.75) is 13.5 Å². The number of amides is 3. The summed E-state index contributed by atoms with van der Waals surface area (Å²) in [6.45, 7) is 2.26. The molecule has 0 aliphatic carbocycles. The van der Waals surface area contributed by atoms with Crippen molar-refractivity contribution in [2.24, 2.45) is 0 Å². The number of carbonyl (C=O) groups excluding carboxylic acids is 3. The SMILES string of the molecule is CCN1C(=O)S/C(=C/c2cn(CC(=O)Nc3ccccc3)c3ccccc23)C1=O. The first-order valence-corrected chi connectivity index (χ1v) is 10.1. The van der Waals surface area contributed by atoms with Crippen LogP contribution in [-0.2, 0) is 16.1 Å². The molecule has 0 unspecified atom stereocenters. The lowest BCUT2D eigenvalue weighted by atomic mass is 10.1. The Hall–Kier alpha value is -3.32. The molecule has 6 nitrogen and oxygen atoms in total. The van der Waals surface area contributed by atoms with Gasteiger partial charge in [-0.1, -0.05) is 36.4 Å². The van der Waals surface area contributed by atoms with Crippen molar-refractivity contribution in [1.82, 2.24) is 9.47 Å². The molecule has 3 aromatic rings. The second-order valence-electron chi connectivity index (χ2n) is 6.57. The van der Waals surface area contributed by atoms with Gasteiger partial charge in [0.1, 0.15) is 6.54 Å². The fourth-order valence-corrected chi connectivity index (χ4v) is 4.21. The summed E-state index contributed by atoms with van der Waals surface area (Å²) in [6, 6.07) is 17.0. The maximum atomic E-state index is 12.5. The molecule has 1 aliphatic rings. The third-order valence-electron chi connectivity index (χ3n) is 4.67. The van der Waals surface area contributed by atoms with E-state index in [0.29, 0.717) is 11.4 Å². The van der Waals surface area contributed by atoms with Gasteiger partial charge in [0.15, 0.2) is 0 Å². The van der Waals surface area contributed by atoms with Crippen LogP contribution in [0, 0.1) is 0 Å². The van der Waals surface area contributed by atoms with Gasteiger partial charge in [-0.3, -0.25) is 19.3 Å². The molecule has 4 rings (SSSR count). The molecule has 1 aromatic heterocycles. The molecule has 2 heterocycles. The van der Waals surface area contributed by atoms with Gasteiger partial charge < -0.3 is 9.88 Å². The minimum absolute atomic E-state index is 0.139. The van der Waals surface area contributed by atoms with E-state index in [9.17, 15) is 14.4 Å². The zero-order chi connectivity index (χ0) is 20.4. The third kappa shape index (κ3) is 3.82. The van der Waals surface area contributed by atoms with Crippen molar-refractivity contribution in [3.8, 4) is 0 Å². The lowest BCUT2D eigenvalue weighted by molar-refractivity contribution is -0.122. The first kappa shape index (κ1) is 19.0. The molecule has 0 spiro atoms. The second kappa shape index (κ2) is 7.97. The number of hydrogen-bond donors (Lipinski definition) is 1. The van der Waals surface area contributed by atoms with Crippen LogP contribution in [0.2, 0.25) is 0 Å². The van der Waals surface area contributed by atoms with Crippen LogP contribution in [0.1, 0.15) is 12.5 Å². The first-order chi connectivity index (χ1) is 14.1. The number of imide groups is 1. The van der Waals surface area contributed by atoms with Gasteiger partial charge >= 0.3 is 0 Å². The number of likely N-dealkylation sites (N-methyl/N-ethyl adjacent to an activating group) is 1. The number of para-hydroxylation sites is 2. The Morgan fingerprint density at radius 2 is 1.79 bits per heavy atom. The summed E-state index contributed by atoms with van der Waals surface area (Å²) < 4.78 is 1.85. The predicted octanol–water partition coefficient (Wildman–Crippen LogP) is 4.34. The number of rotatable bonds is 5. The molecule has 146 valence electrons. The van der Waals surface area contributed by atoms with E-state index < -0.39 is 0 Å². The number of anilines is 1. The van der Waals surface area contributed by atoms with E-state index in [4.69, 9.17) is 0 Å². The molecule has 1 fully saturated rings. The Morgan fingerprint density at radius 1 is 1.07 bits per heavy atom. The molecule has 7 heteroatoms. The molecule has 0 atom stereocenters. The topological polar surface area (TPSA) is 71.4 Å². The quantitative estimate of drug-likeness (QED) is 0.641. The van der Waals surface area contributed by atoms with Gasteiger partial charge in [0.2, 0.25) is 5.91 Å². The number of thioether (sulfide) groups is 1. The highest BCUT2D eigenvalue weighted by Crippen LogP contribution is 2.33. The number of benzene rings is 2. The van der Waals surface area contributed by atoms with E-state index in [1.54, 1.807) is 13.0 Å². The van der Waals surface area contributed by atoms with Crippen molar-refractivity contribution in [2.75, 3.05) is 11.9 Å². The Bertz CT molecular complexity index is 1130. The Morgan fingerprint density at radius 3 is 2.52 bits per heavy atom. The van der Waals surface area contributed by atoms with E-state index in [-0.39, 0.29) is 23.6 Å². The monoisotopic (exact) mass is 405 g/mol. The molecule has 0 saturated carbocycles. The normalized spacial score (nSPS) is 15.5. The lowest BCUT2D eigenvalue weighted by Crippen LogP contribution is -2.27. The standard InChI is InChI=1S/C22H19N3O3S/c1-2-25-21(27)19(29-22(25)28)12-15-13-24(18-11-7-6-10-17(15)18)14-20(26)23-16-8-4-3-5-9-16/h3-13H,2,14H2,1H3,(H,23,26)/b19-12+. The van der Waals surface area contributed by atoms with Gasteiger partial charge in [-0.15, -0.1) is 0 Å². The minimum Gasteiger partial charge on any atom is -0.337 e. The van der Waals surface area contributed by atoms with E-state index in [0.717, 1.165) is 33.9 Å². The summed E-state index contributed by atoms with van der Waals surface area (Å²) in [5.74, 6) is -0.420. The number of nitrogens with one attached hydrogen (secondary N) is 1. The molecule has 1 saturated heterocycles. The molecule has 0 bridgehead atoms. The van der Waals surface area contributed by atoms with Crippen LogP contribution in [0.25, 0.3) is 17.0 Å². The number of aromatic nitrogens is 1. The Kier molecular flexibility index (Phi) is 5.22. The molecule has 0 radical (unpaired) electrons. The average Bonchev–Trinajstić information content (AvgIpc) is 3.19. The van der Waals surface area contributed by atoms with Gasteiger partial charge in [-0.05, 0) is 43.0 Å². The number of fused-ring (bicyclic) bond motifs is 1. The van der Waals surface area contributed by atoms with Crippen molar-refractivity contribution in [3.63, 3.8) is 0 Å². The fraction of sp³-hybridized carbons (Fsp3) is 0.136. The highest BCUT2D eigenvalue weighted by Gasteiger charge is 2.33. The number of nitrogens with zero attached hydrogens (tertiary/aromatic N) is 2. The lowest BCUT2D eigenvalue weighted by Gasteiger charge is -2.07. The smallest absolute Gasteiger partial charge is 0.293 e.